The van der Waals surface area contributed by atoms with Gasteiger partial charge in [-0.05, 0) is 37.3 Å². The molecule has 2 rings (SSSR count). The first kappa shape index (κ1) is 14.9. The molecule has 110 valence electrons. The molecule has 0 bridgehead atoms. The fraction of sp³-hybridized carbons (Fsp3) is 0.600. The van der Waals surface area contributed by atoms with Crippen LogP contribution in [0.3, 0.4) is 0 Å². The van der Waals surface area contributed by atoms with Crippen molar-refractivity contribution in [2.75, 3.05) is 19.8 Å². The molecule has 1 saturated heterocycles. The topological polar surface area (TPSA) is 59.2 Å². The quantitative estimate of drug-likeness (QED) is 0.889. The third kappa shape index (κ3) is 4.00. The van der Waals surface area contributed by atoms with Crippen molar-refractivity contribution < 1.29 is 9.18 Å². The van der Waals surface area contributed by atoms with Gasteiger partial charge >= 0.3 is 0 Å². The lowest BCUT2D eigenvalue weighted by Crippen LogP contribution is -2.48. The van der Waals surface area contributed by atoms with Gasteiger partial charge in [0.1, 0.15) is 0 Å². The molecule has 5 heteroatoms. The second-order valence-corrected chi connectivity index (χ2v) is 5.38. The van der Waals surface area contributed by atoms with Gasteiger partial charge in [0.15, 0.2) is 0 Å². The lowest BCUT2D eigenvalue weighted by molar-refractivity contribution is -0.134. The predicted molar refractivity (Wildman–Crippen MR) is 75.8 cm³/mol. The molecule has 20 heavy (non-hydrogen) atoms. The molecule has 0 radical (unpaired) electrons. The summed E-state index contributed by atoms with van der Waals surface area (Å²) >= 11 is 0. The molecule has 1 fully saturated rings. The molecule has 2 heterocycles. The van der Waals surface area contributed by atoms with E-state index in [1.807, 2.05) is 23.1 Å². The van der Waals surface area contributed by atoms with E-state index in [9.17, 15) is 9.18 Å². The third-order valence-corrected chi connectivity index (χ3v) is 3.92. The third-order valence-electron chi connectivity index (χ3n) is 3.92. The number of piperidine rings is 1. The fourth-order valence-corrected chi connectivity index (χ4v) is 2.66. The normalized spacial score (nSPS) is 18.0. The molecule has 2 N–H and O–H groups in total. The van der Waals surface area contributed by atoms with Crippen molar-refractivity contribution in [2.45, 2.75) is 31.7 Å². The average Bonchev–Trinajstić information content (AvgIpc) is 2.48. The second kappa shape index (κ2) is 7.33. The number of hydrogen-bond acceptors (Lipinski definition) is 3. The number of pyridine rings is 1. The second-order valence-electron chi connectivity index (χ2n) is 5.38. The zero-order valence-electron chi connectivity index (χ0n) is 11.7. The summed E-state index contributed by atoms with van der Waals surface area (Å²) in [7, 11) is 0. The standard InChI is InChI=1S/C15H22FN3O/c16-7-4-12-5-9-19(10-6-12)15(20)14(17)11-13-3-1-2-8-18-13/h1-3,8,12,14H,4-7,9-11,17H2/t14-/m0/s1. The van der Waals surface area contributed by atoms with Crippen LogP contribution < -0.4 is 5.73 Å². The number of carbonyl (C=O) groups is 1. The number of halogens is 1. The Balaban J connectivity index is 1.82. The summed E-state index contributed by atoms with van der Waals surface area (Å²) in [6.07, 6.45) is 4.54. The Morgan fingerprint density at radius 3 is 2.80 bits per heavy atom. The van der Waals surface area contributed by atoms with E-state index in [2.05, 4.69) is 4.98 Å². The summed E-state index contributed by atoms with van der Waals surface area (Å²) in [5.74, 6) is 0.394. The summed E-state index contributed by atoms with van der Waals surface area (Å²) < 4.78 is 12.3. The van der Waals surface area contributed by atoms with Crippen LogP contribution >= 0.6 is 0 Å². The fourth-order valence-electron chi connectivity index (χ4n) is 2.66. The zero-order valence-corrected chi connectivity index (χ0v) is 11.7. The van der Waals surface area contributed by atoms with Gasteiger partial charge in [-0.15, -0.1) is 0 Å². The Morgan fingerprint density at radius 1 is 1.45 bits per heavy atom. The van der Waals surface area contributed by atoms with Crippen LogP contribution in [0.1, 0.15) is 25.0 Å². The molecule has 1 atom stereocenters. The maximum Gasteiger partial charge on any atom is 0.239 e. The average molecular weight is 279 g/mol. The van der Waals surface area contributed by atoms with Gasteiger partial charge in [-0.2, -0.15) is 0 Å². The number of carbonyl (C=O) groups excluding carboxylic acids is 1. The summed E-state index contributed by atoms with van der Waals surface area (Å²) in [6, 6.07) is 5.07. The summed E-state index contributed by atoms with van der Waals surface area (Å²) in [5, 5.41) is 0. The highest BCUT2D eigenvalue weighted by Gasteiger charge is 2.26. The zero-order chi connectivity index (χ0) is 14.4. The van der Waals surface area contributed by atoms with Crippen molar-refractivity contribution in [3.63, 3.8) is 0 Å². The Bertz CT molecular complexity index is 418. The van der Waals surface area contributed by atoms with Crippen LogP contribution in [-0.4, -0.2) is 41.6 Å². The minimum Gasteiger partial charge on any atom is -0.341 e. The van der Waals surface area contributed by atoms with Crippen molar-refractivity contribution in [2.24, 2.45) is 11.7 Å². The lowest BCUT2D eigenvalue weighted by Gasteiger charge is -2.33. The molecular formula is C15H22FN3O. The number of amides is 1. The number of nitrogens with two attached hydrogens (primary N) is 1. The molecule has 0 saturated carbocycles. The van der Waals surface area contributed by atoms with Crippen LogP contribution in [0.5, 0.6) is 0 Å². The molecule has 0 spiro atoms. The Hall–Kier alpha value is -1.49. The molecule has 1 aromatic rings. The largest absolute Gasteiger partial charge is 0.341 e. The number of aromatic nitrogens is 1. The van der Waals surface area contributed by atoms with Gasteiger partial charge < -0.3 is 10.6 Å². The van der Waals surface area contributed by atoms with Gasteiger partial charge in [0.05, 0.1) is 12.7 Å². The van der Waals surface area contributed by atoms with Gasteiger partial charge in [-0.25, -0.2) is 0 Å². The Labute approximate surface area is 119 Å². The van der Waals surface area contributed by atoms with Gasteiger partial charge in [-0.1, -0.05) is 6.07 Å². The van der Waals surface area contributed by atoms with Gasteiger partial charge in [0.2, 0.25) is 5.91 Å². The molecule has 1 aromatic heterocycles. The van der Waals surface area contributed by atoms with E-state index in [4.69, 9.17) is 5.73 Å². The van der Waals surface area contributed by atoms with Crippen molar-refractivity contribution >= 4 is 5.91 Å². The number of alkyl halides is 1. The van der Waals surface area contributed by atoms with Crippen LogP contribution in [0.15, 0.2) is 24.4 Å². The summed E-state index contributed by atoms with van der Waals surface area (Å²) in [6.45, 7) is 1.12. The Morgan fingerprint density at radius 2 is 2.20 bits per heavy atom. The van der Waals surface area contributed by atoms with E-state index < -0.39 is 6.04 Å². The highest BCUT2D eigenvalue weighted by molar-refractivity contribution is 5.82. The van der Waals surface area contributed by atoms with Crippen molar-refractivity contribution in [3.8, 4) is 0 Å². The molecule has 0 aliphatic carbocycles. The van der Waals surface area contributed by atoms with E-state index in [1.165, 1.54) is 0 Å². The summed E-state index contributed by atoms with van der Waals surface area (Å²) in [5.41, 5.74) is 6.82. The number of likely N-dealkylation sites (tertiary alicyclic amines) is 1. The van der Waals surface area contributed by atoms with Crippen molar-refractivity contribution in [1.82, 2.24) is 9.88 Å². The monoisotopic (exact) mass is 279 g/mol. The molecule has 1 aliphatic rings. The van der Waals surface area contributed by atoms with E-state index in [1.54, 1.807) is 6.20 Å². The first-order chi connectivity index (χ1) is 9.70. The number of nitrogens with zero attached hydrogens (tertiary/aromatic N) is 2. The molecule has 0 aromatic carbocycles. The first-order valence-electron chi connectivity index (χ1n) is 7.21. The minimum atomic E-state index is -0.539. The van der Waals surface area contributed by atoms with E-state index >= 15 is 0 Å². The first-order valence-corrected chi connectivity index (χ1v) is 7.21. The van der Waals surface area contributed by atoms with E-state index in [0.717, 1.165) is 18.5 Å². The molecule has 4 nitrogen and oxygen atoms in total. The van der Waals surface area contributed by atoms with Crippen LogP contribution in [0.2, 0.25) is 0 Å². The van der Waals surface area contributed by atoms with Gasteiger partial charge in [0, 0.05) is 31.4 Å². The highest BCUT2D eigenvalue weighted by atomic mass is 19.1. The SMILES string of the molecule is N[C@@H](Cc1ccccn1)C(=O)N1CCC(CCF)CC1. The van der Waals surface area contributed by atoms with E-state index in [-0.39, 0.29) is 12.6 Å². The van der Waals surface area contributed by atoms with Gasteiger partial charge in [0.25, 0.3) is 0 Å². The maximum absolute atomic E-state index is 12.3. The number of hydrogen-bond donors (Lipinski definition) is 1. The molecule has 0 unspecified atom stereocenters. The summed E-state index contributed by atoms with van der Waals surface area (Å²) in [4.78, 5) is 18.3. The van der Waals surface area contributed by atoms with Crippen LogP contribution in [0, 0.1) is 5.92 Å². The van der Waals surface area contributed by atoms with Gasteiger partial charge in [-0.3, -0.25) is 14.2 Å². The van der Waals surface area contributed by atoms with Crippen LogP contribution in [0.25, 0.3) is 0 Å². The van der Waals surface area contributed by atoms with Crippen molar-refractivity contribution in [3.05, 3.63) is 30.1 Å². The highest BCUT2D eigenvalue weighted by Crippen LogP contribution is 2.21. The maximum atomic E-state index is 12.3. The number of rotatable bonds is 5. The van der Waals surface area contributed by atoms with Crippen LogP contribution in [0.4, 0.5) is 4.39 Å². The minimum absolute atomic E-state index is 0.0191. The molecular weight excluding hydrogens is 257 g/mol. The Kier molecular flexibility index (Phi) is 5.47. The predicted octanol–water partition coefficient (Wildman–Crippen LogP) is 1.55. The van der Waals surface area contributed by atoms with Crippen molar-refractivity contribution in [1.29, 1.82) is 0 Å². The van der Waals surface area contributed by atoms with Crippen LogP contribution in [-0.2, 0) is 11.2 Å². The molecule has 1 aliphatic heterocycles. The van der Waals surface area contributed by atoms with E-state index in [0.29, 0.717) is 31.8 Å². The molecule has 1 amide bonds. The smallest absolute Gasteiger partial charge is 0.239 e. The lowest BCUT2D eigenvalue weighted by atomic mass is 9.93.